The van der Waals surface area contributed by atoms with E-state index >= 15 is 0 Å². The van der Waals surface area contributed by atoms with Crippen LogP contribution >= 0.6 is 0 Å². The van der Waals surface area contributed by atoms with Crippen LogP contribution in [0.2, 0.25) is 0 Å². The van der Waals surface area contributed by atoms with Crippen molar-refractivity contribution in [2.45, 2.75) is 25.4 Å². The van der Waals surface area contributed by atoms with Crippen molar-refractivity contribution in [3.63, 3.8) is 0 Å². The van der Waals surface area contributed by atoms with Crippen LogP contribution in [0.5, 0.6) is 0 Å². The largest absolute Gasteiger partial charge is 1.00 e. The fourth-order valence-electron chi connectivity index (χ4n) is 0.930. The minimum absolute atomic E-state index is 0. The second-order valence-electron chi connectivity index (χ2n) is 3.62. The van der Waals surface area contributed by atoms with Crippen LogP contribution in [0.15, 0.2) is 24.3 Å². The molecule has 0 radical (unpaired) electrons. The molecule has 0 aromatic carbocycles. The van der Waals surface area contributed by atoms with Gasteiger partial charge >= 0.3 is 140 Å². The summed E-state index contributed by atoms with van der Waals surface area (Å²) in [4.78, 5) is 39.6. The maximum Gasteiger partial charge on any atom is 1.00 e. The Bertz CT molecular complexity index is 451. The molecule has 0 unspecified atom stereocenters. The summed E-state index contributed by atoms with van der Waals surface area (Å²) >= 11 is 0. The number of carboxylic acid groups (broad SMARTS) is 4. The van der Waals surface area contributed by atoms with E-state index in [-0.39, 0.29) is 140 Å². The van der Waals surface area contributed by atoms with Gasteiger partial charge in [-0.2, -0.15) is 0 Å². The van der Waals surface area contributed by atoms with Crippen molar-refractivity contribution in [1.82, 2.24) is 0 Å². The number of allylic oxidation sites excluding steroid dienone is 3. The molecule has 25 heavy (non-hydrogen) atoms. The quantitative estimate of drug-likeness (QED) is 0.243. The monoisotopic (exact) mass is 408 g/mol. The normalized spacial score (nSPS) is 9.20. The van der Waals surface area contributed by atoms with Crippen molar-refractivity contribution in [2.24, 2.45) is 0 Å². The number of carboxylic acids is 4. The maximum absolute atomic E-state index is 10.1. The van der Waals surface area contributed by atoms with E-state index in [4.69, 9.17) is 5.11 Å². The molecular weight excluding hydrogens is 396 g/mol. The van der Waals surface area contributed by atoms with Crippen LogP contribution in [0.4, 0.5) is 0 Å². The fraction of sp³-hybridized carbons (Fsp3) is 0.333. The number of carbonyl (C=O) groups excluding carboxylic acids is 4. The molecule has 9 nitrogen and oxygen atoms in total. The summed E-state index contributed by atoms with van der Waals surface area (Å²) in [7, 11) is 0. The third kappa shape index (κ3) is 28.3. The number of aliphatic hydroxyl groups is 1. The van der Waals surface area contributed by atoms with Gasteiger partial charge in [-0.3, -0.25) is 0 Å². The molecule has 0 bridgehead atoms. The van der Waals surface area contributed by atoms with Crippen LogP contribution in [0.1, 0.15) is 19.8 Å². The standard InChI is InChI=1S/C6H8O7.C6H8O2.K.3Na/c7-3(8)1-6(13,5(11)12)2-4(9)10;1-2-3-4-5-6(7)8;;;;/h13H,1-2H2,(H,7,8)(H,9,10)(H,11,12);2-5H,1H3,(H,7,8);;;;/q;;4*+1/p-4/b;3-2+,5-4+;;;;. The molecule has 0 atom stereocenters. The first-order valence-electron chi connectivity index (χ1n) is 5.39. The van der Waals surface area contributed by atoms with Crippen molar-refractivity contribution >= 4 is 23.9 Å². The first-order valence-corrected chi connectivity index (χ1v) is 5.39. The molecule has 13 heteroatoms. The molecule has 0 spiro atoms. The molecule has 118 valence electrons. The van der Waals surface area contributed by atoms with E-state index in [9.17, 15) is 39.6 Å². The van der Waals surface area contributed by atoms with Gasteiger partial charge in [0.25, 0.3) is 0 Å². The molecule has 0 saturated heterocycles. The number of hydrogen-bond acceptors (Lipinski definition) is 9. The molecule has 0 aromatic rings. The van der Waals surface area contributed by atoms with Gasteiger partial charge in [0.2, 0.25) is 0 Å². The Hall–Kier alpha value is 1.96. The maximum atomic E-state index is 10.1. The van der Waals surface area contributed by atoms with Crippen LogP contribution < -0.4 is 160 Å². The third-order valence-corrected chi connectivity index (χ3v) is 1.79. The summed E-state index contributed by atoms with van der Waals surface area (Å²) in [5.74, 6) is -7.15. The van der Waals surface area contributed by atoms with Gasteiger partial charge in [0.1, 0.15) is 5.60 Å². The molecule has 0 fully saturated rings. The second-order valence-corrected chi connectivity index (χ2v) is 3.62. The van der Waals surface area contributed by atoms with E-state index in [1.807, 2.05) is 0 Å². The van der Waals surface area contributed by atoms with Gasteiger partial charge < -0.3 is 44.7 Å². The predicted molar refractivity (Wildman–Crippen MR) is 58.2 cm³/mol. The average molecular weight is 408 g/mol. The number of hydrogen-bond donors (Lipinski definition) is 1. The smallest absolute Gasteiger partial charge is 0.550 e. The van der Waals surface area contributed by atoms with E-state index < -0.39 is 42.3 Å². The van der Waals surface area contributed by atoms with Gasteiger partial charge in [-0.15, -0.1) is 0 Å². The van der Waals surface area contributed by atoms with Gasteiger partial charge in [0.05, 0.1) is 11.9 Å². The zero-order chi connectivity index (χ0) is 17.1. The molecule has 0 rings (SSSR count). The molecule has 0 aliphatic carbocycles. The molecule has 1 N–H and O–H groups in total. The molecule has 0 heterocycles. The third-order valence-electron chi connectivity index (χ3n) is 1.79. The molecule has 0 aromatic heterocycles. The zero-order valence-corrected chi connectivity index (χ0v) is 24.1. The van der Waals surface area contributed by atoms with E-state index in [2.05, 4.69) is 0 Å². The van der Waals surface area contributed by atoms with Crippen LogP contribution in [0.3, 0.4) is 0 Å². The van der Waals surface area contributed by atoms with Crippen molar-refractivity contribution in [3.8, 4) is 0 Å². The van der Waals surface area contributed by atoms with Crippen molar-refractivity contribution in [1.29, 1.82) is 0 Å². The summed E-state index contributed by atoms with van der Waals surface area (Å²) in [5, 5.41) is 48.6. The average Bonchev–Trinajstić information content (AvgIpc) is 2.27. The van der Waals surface area contributed by atoms with E-state index in [1.165, 1.54) is 6.08 Å². The van der Waals surface area contributed by atoms with Crippen LogP contribution in [-0.2, 0) is 19.2 Å². The van der Waals surface area contributed by atoms with Gasteiger partial charge in [-0.25, -0.2) is 0 Å². The number of aliphatic carboxylic acids is 4. The van der Waals surface area contributed by atoms with Crippen LogP contribution in [-0.4, -0.2) is 34.6 Å². The molecular formula is C12H12KNa3O9. The minimum atomic E-state index is -2.97. The Morgan fingerprint density at radius 2 is 1.24 bits per heavy atom. The van der Waals surface area contributed by atoms with E-state index in [0.29, 0.717) is 0 Å². The zero-order valence-electron chi connectivity index (χ0n) is 14.9. The minimum Gasteiger partial charge on any atom is -0.550 e. The Labute approximate surface area is 253 Å². The summed E-state index contributed by atoms with van der Waals surface area (Å²) in [6, 6.07) is 0. The summed E-state index contributed by atoms with van der Waals surface area (Å²) in [5.41, 5.74) is -2.97. The summed E-state index contributed by atoms with van der Waals surface area (Å²) < 4.78 is 0. The Morgan fingerprint density at radius 3 is 1.44 bits per heavy atom. The molecule has 0 aliphatic rings. The topological polar surface area (TPSA) is 181 Å². The molecule has 0 aliphatic heterocycles. The Morgan fingerprint density at radius 1 is 0.880 bits per heavy atom. The molecule has 0 saturated carbocycles. The Kier molecular flexibility index (Phi) is 39.7. The van der Waals surface area contributed by atoms with Gasteiger partial charge in [-0.1, -0.05) is 18.2 Å². The SMILES string of the molecule is C/C=C/C=C/C(=O)[O-].O=C([O-])CC(O)(CC(=O)[O-])C(=O)[O-].[K+].[Na+].[Na+].[Na+]. The van der Waals surface area contributed by atoms with Crippen LogP contribution in [0, 0.1) is 0 Å². The predicted octanol–water partition coefficient (Wildman–Crippen LogP) is -17.4. The number of carbonyl (C=O) groups is 4. The van der Waals surface area contributed by atoms with E-state index in [1.54, 1.807) is 19.1 Å². The van der Waals surface area contributed by atoms with Gasteiger partial charge in [-0.05, 0) is 13.0 Å². The van der Waals surface area contributed by atoms with Gasteiger partial charge in [0, 0.05) is 24.8 Å². The van der Waals surface area contributed by atoms with Crippen LogP contribution in [0.25, 0.3) is 0 Å². The summed E-state index contributed by atoms with van der Waals surface area (Å²) in [6.45, 7) is 1.81. The first kappa shape index (κ1) is 41.4. The molecule has 0 amide bonds. The van der Waals surface area contributed by atoms with Crippen molar-refractivity contribution in [3.05, 3.63) is 24.3 Å². The number of rotatable bonds is 7. The fourth-order valence-corrected chi connectivity index (χ4v) is 0.930. The second kappa shape index (κ2) is 24.0. The van der Waals surface area contributed by atoms with Crippen molar-refractivity contribution in [2.75, 3.05) is 0 Å². The first-order chi connectivity index (χ1) is 9.55. The van der Waals surface area contributed by atoms with Gasteiger partial charge in [0.15, 0.2) is 0 Å². The van der Waals surface area contributed by atoms with Crippen molar-refractivity contribution < 1.29 is 185 Å². The Balaban J connectivity index is -0.0000000671. The summed E-state index contributed by atoms with van der Waals surface area (Å²) in [6.07, 6.45) is 3.02. The van der Waals surface area contributed by atoms with E-state index in [0.717, 1.165) is 6.08 Å².